The molecular formula is C24H22F3N7O2. The number of urea groups is 1. The van der Waals surface area contributed by atoms with Gasteiger partial charge in [0.2, 0.25) is 5.91 Å². The molecule has 186 valence electrons. The molecule has 0 aliphatic rings. The topological polar surface area (TPSA) is 113 Å². The minimum Gasteiger partial charge on any atom is -0.326 e. The fourth-order valence-corrected chi connectivity index (χ4v) is 3.60. The smallest absolute Gasteiger partial charge is 0.326 e. The number of halogens is 3. The predicted octanol–water partition coefficient (Wildman–Crippen LogP) is 4.98. The Morgan fingerprint density at radius 3 is 2.06 bits per heavy atom. The van der Waals surface area contributed by atoms with Crippen molar-refractivity contribution in [1.82, 2.24) is 19.6 Å². The zero-order valence-corrected chi connectivity index (χ0v) is 19.3. The average molecular weight is 497 g/mol. The number of carbonyl (C=O) groups is 2. The highest BCUT2D eigenvalue weighted by molar-refractivity contribution is 6.00. The van der Waals surface area contributed by atoms with E-state index in [1.54, 1.807) is 50.2 Å². The van der Waals surface area contributed by atoms with Crippen molar-refractivity contribution >= 4 is 34.8 Å². The van der Waals surface area contributed by atoms with Gasteiger partial charge >= 0.3 is 12.2 Å². The van der Waals surface area contributed by atoms with Crippen LogP contribution in [0.4, 0.5) is 35.0 Å². The van der Waals surface area contributed by atoms with Gasteiger partial charge in [0.15, 0.2) is 0 Å². The van der Waals surface area contributed by atoms with Crippen LogP contribution in [0, 0.1) is 13.8 Å². The Bertz CT molecular complexity index is 1400. The summed E-state index contributed by atoms with van der Waals surface area (Å²) in [6.07, 6.45) is -4.34. The van der Waals surface area contributed by atoms with Crippen LogP contribution in [0.5, 0.6) is 0 Å². The van der Waals surface area contributed by atoms with E-state index in [1.165, 1.54) is 0 Å². The zero-order valence-electron chi connectivity index (χ0n) is 19.3. The number of nitrogens with one attached hydrogen (secondary N) is 3. The maximum absolute atomic E-state index is 13.0. The van der Waals surface area contributed by atoms with E-state index in [1.807, 2.05) is 18.2 Å². The van der Waals surface area contributed by atoms with Crippen molar-refractivity contribution in [1.29, 1.82) is 0 Å². The number of benzene rings is 2. The molecule has 0 aliphatic heterocycles. The Balaban J connectivity index is 1.34. The molecule has 0 bridgehead atoms. The van der Waals surface area contributed by atoms with E-state index in [0.29, 0.717) is 34.0 Å². The number of aromatic nitrogens is 4. The summed E-state index contributed by atoms with van der Waals surface area (Å²) in [5, 5.41) is 11.7. The van der Waals surface area contributed by atoms with Crippen LogP contribution < -0.4 is 16.0 Å². The third-order valence-electron chi connectivity index (χ3n) is 5.36. The highest BCUT2D eigenvalue weighted by Gasteiger charge is 2.37. The molecule has 2 aromatic carbocycles. The van der Waals surface area contributed by atoms with Gasteiger partial charge in [-0.3, -0.25) is 4.79 Å². The summed E-state index contributed by atoms with van der Waals surface area (Å²) in [6, 6.07) is 15.2. The summed E-state index contributed by atoms with van der Waals surface area (Å²) in [6.45, 7) is 3.27. The maximum atomic E-state index is 13.0. The van der Waals surface area contributed by atoms with Crippen LogP contribution >= 0.6 is 0 Å². The molecule has 3 N–H and O–H groups in total. The van der Waals surface area contributed by atoms with Gasteiger partial charge in [0.25, 0.3) is 11.6 Å². The highest BCUT2D eigenvalue weighted by atomic mass is 19.4. The van der Waals surface area contributed by atoms with Gasteiger partial charge in [-0.05, 0) is 62.2 Å². The van der Waals surface area contributed by atoms with E-state index in [4.69, 9.17) is 0 Å². The highest BCUT2D eigenvalue weighted by Crippen LogP contribution is 2.27. The number of fused-ring (bicyclic) bond motifs is 1. The van der Waals surface area contributed by atoms with Crippen LogP contribution in [-0.2, 0) is 17.4 Å². The molecular weight excluding hydrogens is 475 g/mol. The van der Waals surface area contributed by atoms with Gasteiger partial charge in [-0.25, -0.2) is 14.3 Å². The molecule has 0 unspecified atom stereocenters. The Morgan fingerprint density at radius 1 is 0.861 bits per heavy atom. The molecule has 4 rings (SSSR count). The first-order chi connectivity index (χ1) is 17.1. The largest absolute Gasteiger partial charge is 0.453 e. The van der Waals surface area contributed by atoms with Gasteiger partial charge in [-0.15, -0.1) is 5.10 Å². The predicted molar refractivity (Wildman–Crippen MR) is 128 cm³/mol. The van der Waals surface area contributed by atoms with Crippen LogP contribution in [0.15, 0.2) is 54.6 Å². The van der Waals surface area contributed by atoms with E-state index in [0.717, 1.165) is 4.52 Å². The molecule has 0 saturated carbocycles. The van der Waals surface area contributed by atoms with E-state index < -0.39 is 18.0 Å². The van der Waals surface area contributed by atoms with Crippen molar-refractivity contribution < 1.29 is 22.8 Å². The molecule has 3 amide bonds. The Labute approximate surface area is 203 Å². The number of hydrogen-bond acceptors (Lipinski definition) is 5. The molecule has 0 spiro atoms. The maximum Gasteiger partial charge on any atom is 0.453 e. The second-order valence-electron chi connectivity index (χ2n) is 7.98. The molecule has 2 heterocycles. The minimum atomic E-state index is -4.68. The molecule has 4 aromatic rings. The number of amides is 3. The Morgan fingerprint density at radius 2 is 1.44 bits per heavy atom. The summed E-state index contributed by atoms with van der Waals surface area (Å²) in [4.78, 5) is 32.1. The summed E-state index contributed by atoms with van der Waals surface area (Å²) in [7, 11) is 0. The quantitative estimate of drug-likeness (QED) is 0.348. The van der Waals surface area contributed by atoms with Crippen LogP contribution in [0.25, 0.3) is 5.78 Å². The number of para-hydroxylation sites is 1. The van der Waals surface area contributed by atoms with Crippen LogP contribution in [0.3, 0.4) is 0 Å². The third-order valence-corrected chi connectivity index (χ3v) is 5.36. The summed E-state index contributed by atoms with van der Waals surface area (Å²) >= 11 is 0. The number of aryl methyl sites for hydroxylation is 2. The van der Waals surface area contributed by atoms with Crippen LogP contribution in [0.2, 0.25) is 0 Å². The lowest BCUT2D eigenvalue weighted by molar-refractivity contribution is -0.144. The summed E-state index contributed by atoms with van der Waals surface area (Å²) in [5.41, 5.74) is 3.28. The van der Waals surface area contributed by atoms with Gasteiger partial charge in [-0.1, -0.05) is 18.2 Å². The number of alkyl halides is 3. The molecule has 0 atom stereocenters. The van der Waals surface area contributed by atoms with E-state index in [-0.39, 0.29) is 24.5 Å². The van der Waals surface area contributed by atoms with Crippen molar-refractivity contribution in [2.24, 2.45) is 0 Å². The van der Waals surface area contributed by atoms with E-state index in [2.05, 4.69) is 31.0 Å². The lowest BCUT2D eigenvalue weighted by atomic mass is 10.1. The normalized spacial score (nSPS) is 11.4. The fraction of sp³-hybridized carbons (Fsp3) is 0.208. The molecule has 12 heteroatoms. The molecule has 36 heavy (non-hydrogen) atoms. The molecule has 9 nitrogen and oxygen atoms in total. The van der Waals surface area contributed by atoms with Crippen molar-refractivity contribution in [3.8, 4) is 0 Å². The number of anilines is 3. The van der Waals surface area contributed by atoms with E-state index in [9.17, 15) is 22.8 Å². The van der Waals surface area contributed by atoms with E-state index >= 15 is 0 Å². The Hall–Kier alpha value is -4.48. The van der Waals surface area contributed by atoms with Gasteiger partial charge < -0.3 is 16.0 Å². The van der Waals surface area contributed by atoms with Crippen molar-refractivity contribution in [2.45, 2.75) is 32.9 Å². The van der Waals surface area contributed by atoms with Gasteiger partial charge in [0.05, 0.1) is 0 Å². The SMILES string of the molecule is Cc1nc2nc(C(F)(F)F)nn2c(C)c1CCC(=O)Nc1ccc(NC(=O)Nc2ccccc2)cc1. The molecule has 0 saturated heterocycles. The second-order valence-corrected chi connectivity index (χ2v) is 7.98. The first-order valence-corrected chi connectivity index (χ1v) is 10.9. The third kappa shape index (κ3) is 5.77. The van der Waals surface area contributed by atoms with Gasteiger partial charge in [0, 0.05) is 34.9 Å². The molecule has 0 fully saturated rings. The molecule has 0 aliphatic carbocycles. The molecule has 0 radical (unpaired) electrons. The van der Waals surface area contributed by atoms with Gasteiger partial charge in [-0.2, -0.15) is 18.2 Å². The minimum absolute atomic E-state index is 0.0785. The number of nitrogens with zero attached hydrogens (tertiary/aromatic N) is 4. The first-order valence-electron chi connectivity index (χ1n) is 10.9. The van der Waals surface area contributed by atoms with Crippen molar-refractivity contribution in [3.05, 3.63) is 77.4 Å². The van der Waals surface area contributed by atoms with Crippen LogP contribution in [-0.4, -0.2) is 31.5 Å². The number of hydrogen-bond donors (Lipinski definition) is 3. The fourth-order valence-electron chi connectivity index (χ4n) is 3.60. The lowest BCUT2D eigenvalue weighted by Crippen LogP contribution is -2.19. The first kappa shape index (κ1) is 24.6. The standard InChI is InChI=1S/C24H22F3N7O2/c1-14-19(15(2)34-22(28-14)32-21(33-34)24(25,26)27)12-13-20(35)29-17-8-10-18(11-9-17)31-23(36)30-16-6-4-3-5-7-16/h3-11H,12-13H2,1-2H3,(H,29,35)(H2,30,31,36). The average Bonchev–Trinajstić information content (AvgIpc) is 3.26. The van der Waals surface area contributed by atoms with Crippen molar-refractivity contribution in [3.63, 3.8) is 0 Å². The second kappa shape index (κ2) is 10.0. The lowest BCUT2D eigenvalue weighted by Gasteiger charge is -2.11. The molecule has 2 aromatic heterocycles. The summed E-state index contributed by atoms with van der Waals surface area (Å²) in [5.74, 6) is -1.69. The Kier molecular flexibility index (Phi) is 6.86. The van der Waals surface area contributed by atoms with Crippen LogP contribution in [0.1, 0.15) is 29.2 Å². The van der Waals surface area contributed by atoms with Gasteiger partial charge in [0.1, 0.15) is 0 Å². The van der Waals surface area contributed by atoms with Crippen molar-refractivity contribution in [2.75, 3.05) is 16.0 Å². The summed E-state index contributed by atoms with van der Waals surface area (Å²) < 4.78 is 39.9. The monoisotopic (exact) mass is 497 g/mol. The number of carbonyl (C=O) groups excluding carboxylic acids is 2. The zero-order chi connectivity index (χ0) is 25.9. The number of rotatable bonds is 6.